The third-order valence-electron chi connectivity index (χ3n) is 4.07. The number of hydrogen-bond acceptors (Lipinski definition) is 3. The van der Waals surface area contributed by atoms with Crippen molar-refractivity contribution in [1.82, 2.24) is 0 Å². The lowest BCUT2D eigenvalue weighted by molar-refractivity contribution is 0.0299. The van der Waals surface area contributed by atoms with Gasteiger partial charge in [-0.25, -0.2) is 0 Å². The molecule has 20 heavy (non-hydrogen) atoms. The molecule has 1 heterocycles. The highest BCUT2D eigenvalue weighted by Gasteiger charge is 2.26. The van der Waals surface area contributed by atoms with Crippen molar-refractivity contribution in [3.05, 3.63) is 29.3 Å². The molecule has 2 rings (SSSR count). The third kappa shape index (κ3) is 3.53. The summed E-state index contributed by atoms with van der Waals surface area (Å²) in [6.07, 6.45) is 2.37. The molecular formula is C17H28N2O. The molecule has 3 nitrogen and oxygen atoms in total. The first-order valence-corrected chi connectivity index (χ1v) is 7.74. The van der Waals surface area contributed by atoms with Gasteiger partial charge in [-0.1, -0.05) is 19.1 Å². The average molecular weight is 276 g/mol. The van der Waals surface area contributed by atoms with Gasteiger partial charge in [-0.3, -0.25) is 0 Å². The van der Waals surface area contributed by atoms with Crippen molar-refractivity contribution in [2.75, 3.05) is 18.1 Å². The lowest BCUT2D eigenvalue weighted by atomic mass is 10.0. The molecule has 0 spiro atoms. The van der Waals surface area contributed by atoms with Crippen LogP contribution in [0.5, 0.6) is 0 Å². The number of morpholine rings is 1. The van der Waals surface area contributed by atoms with Crippen LogP contribution in [0.4, 0.5) is 5.69 Å². The molecule has 1 aliphatic rings. The smallest absolute Gasteiger partial charge is 0.0723 e. The summed E-state index contributed by atoms with van der Waals surface area (Å²) in [5, 5.41) is 0. The fraction of sp³-hybridized carbons (Fsp3) is 0.647. The van der Waals surface area contributed by atoms with Crippen molar-refractivity contribution >= 4 is 5.69 Å². The summed E-state index contributed by atoms with van der Waals surface area (Å²) < 4.78 is 5.79. The van der Waals surface area contributed by atoms with Crippen LogP contribution in [0.2, 0.25) is 0 Å². The Balaban J connectivity index is 2.22. The highest BCUT2D eigenvalue weighted by atomic mass is 16.5. The number of nitrogens with zero attached hydrogens (tertiary/aromatic N) is 1. The molecule has 3 unspecified atom stereocenters. The number of hydrogen-bond donors (Lipinski definition) is 1. The zero-order chi connectivity index (χ0) is 14.7. The number of rotatable bonds is 4. The molecule has 0 radical (unpaired) electrons. The first-order chi connectivity index (χ1) is 9.51. The molecule has 0 bridgehead atoms. The van der Waals surface area contributed by atoms with Gasteiger partial charge in [0.25, 0.3) is 0 Å². The second kappa shape index (κ2) is 6.59. The van der Waals surface area contributed by atoms with E-state index in [9.17, 15) is 0 Å². The Labute approximate surface area is 123 Å². The Hall–Kier alpha value is -1.06. The van der Waals surface area contributed by atoms with E-state index >= 15 is 0 Å². The van der Waals surface area contributed by atoms with E-state index in [2.05, 4.69) is 50.8 Å². The van der Waals surface area contributed by atoms with Crippen molar-refractivity contribution in [2.24, 2.45) is 5.73 Å². The zero-order valence-electron chi connectivity index (χ0n) is 13.2. The summed E-state index contributed by atoms with van der Waals surface area (Å²) in [5.41, 5.74) is 9.91. The molecule has 0 saturated carbocycles. The minimum Gasteiger partial charge on any atom is -0.375 e. The first kappa shape index (κ1) is 15.3. The number of ether oxygens (including phenoxy) is 1. The molecule has 0 aliphatic carbocycles. The van der Waals surface area contributed by atoms with E-state index < -0.39 is 0 Å². The lowest BCUT2D eigenvalue weighted by Gasteiger charge is -2.40. The van der Waals surface area contributed by atoms with Crippen LogP contribution < -0.4 is 10.6 Å². The van der Waals surface area contributed by atoms with Gasteiger partial charge < -0.3 is 15.4 Å². The van der Waals surface area contributed by atoms with Gasteiger partial charge in [0.1, 0.15) is 0 Å². The minimum absolute atomic E-state index is 0.215. The highest BCUT2D eigenvalue weighted by Crippen LogP contribution is 2.27. The normalized spacial score (nSPS) is 24.8. The Morgan fingerprint density at radius 2 is 2.20 bits per heavy atom. The quantitative estimate of drug-likeness (QED) is 0.919. The fourth-order valence-corrected chi connectivity index (χ4v) is 3.02. The van der Waals surface area contributed by atoms with Gasteiger partial charge in [0.2, 0.25) is 0 Å². The molecule has 1 aromatic carbocycles. The Kier molecular flexibility index (Phi) is 5.06. The molecule has 112 valence electrons. The maximum absolute atomic E-state index is 5.89. The van der Waals surface area contributed by atoms with Crippen LogP contribution in [0, 0.1) is 6.92 Å². The van der Waals surface area contributed by atoms with Gasteiger partial charge in [-0.15, -0.1) is 0 Å². The lowest BCUT2D eigenvalue weighted by Crippen LogP contribution is -2.49. The summed E-state index contributed by atoms with van der Waals surface area (Å²) in [6, 6.07) is 7.47. The van der Waals surface area contributed by atoms with Gasteiger partial charge in [-0.2, -0.15) is 0 Å². The van der Waals surface area contributed by atoms with E-state index in [0.717, 1.165) is 26.0 Å². The fourth-order valence-electron chi connectivity index (χ4n) is 3.02. The molecule has 0 aromatic heterocycles. The van der Waals surface area contributed by atoms with Gasteiger partial charge in [0.05, 0.1) is 18.8 Å². The van der Waals surface area contributed by atoms with E-state index in [4.69, 9.17) is 10.5 Å². The van der Waals surface area contributed by atoms with E-state index in [-0.39, 0.29) is 6.04 Å². The second-order valence-corrected chi connectivity index (χ2v) is 6.16. The van der Waals surface area contributed by atoms with E-state index in [1.54, 1.807) is 0 Å². The molecule has 2 N–H and O–H groups in total. The summed E-state index contributed by atoms with van der Waals surface area (Å²) in [6.45, 7) is 10.5. The molecule has 1 saturated heterocycles. The number of anilines is 1. The predicted octanol–water partition coefficient (Wildman–Crippen LogP) is 2.89. The summed E-state index contributed by atoms with van der Waals surface area (Å²) in [7, 11) is 0. The molecular weight excluding hydrogens is 248 g/mol. The zero-order valence-corrected chi connectivity index (χ0v) is 13.2. The van der Waals surface area contributed by atoms with Crippen molar-refractivity contribution in [2.45, 2.75) is 58.7 Å². The van der Waals surface area contributed by atoms with Gasteiger partial charge in [0, 0.05) is 18.3 Å². The molecule has 1 fully saturated rings. The summed E-state index contributed by atoms with van der Waals surface area (Å²) in [5.74, 6) is 0. The average Bonchev–Trinajstić information content (AvgIpc) is 2.38. The predicted molar refractivity (Wildman–Crippen MR) is 85.4 cm³/mol. The Bertz CT molecular complexity index is 445. The van der Waals surface area contributed by atoms with Crippen LogP contribution in [0.15, 0.2) is 18.2 Å². The van der Waals surface area contributed by atoms with Crippen LogP contribution in [-0.2, 0) is 11.2 Å². The van der Waals surface area contributed by atoms with E-state index in [1.165, 1.54) is 16.8 Å². The van der Waals surface area contributed by atoms with Crippen molar-refractivity contribution in [1.29, 1.82) is 0 Å². The van der Waals surface area contributed by atoms with E-state index in [0.29, 0.717) is 12.1 Å². The maximum atomic E-state index is 5.89. The van der Waals surface area contributed by atoms with Crippen molar-refractivity contribution < 1.29 is 4.74 Å². The molecule has 1 aliphatic heterocycles. The highest BCUT2D eigenvalue weighted by molar-refractivity contribution is 5.55. The number of benzene rings is 1. The topological polar surface area (TPSA) is 38.5 Å². The SMILES string of the molecule is CCC1COC(C)CN1c1ccc(CC(C)N)cc1C. The third-order valence-corrected chi connectivity index (χ3v) is 4.07. The van der Waals surface area contributed by atoms with Crippen molar-refractivity contribution in [3.8, 4) is 0 Å². The van der Waals surface area contributed by atoms with Crippen LogP contribution in [-0.4, -0.2) is 31.3 Å². The summed E-state index contributed by atoms with van der Waals surface area (Å²) >= 11 is 0. The van der Waals surface area contributed by atoms with Crippen LogP contribution in [0.25, 0.3) is 0 Å². The molecule has 0 amide bonds. The minimum atomic E-state index is 0.215. The maximum Gasteiger partial charge on any atom is 0.0723 e. The number of nitrogens with two attached hydrogens (primary N) is 1. The van der Waals surface area contributed by atoms with E-state index in [1.807, 2.05) is 0 Å². The van der Waals surface area contributed by atoms with Crippen LogP contribution in [0.1, 0.15) is 38.3 Å². The van der Waals surface area contributed by atoms with Crippen LogP contribution in [0.3, 0.4) is 0 Å². The number of aryl methyl sites for hydroxylation is 1. The first-order valence-electron chi connectivity index (χ1n) is 7.74. The standard InChI is InChI=1S/C17H28N2O/c1-5-16-11-20-14(4)10-19(16)17-7-6-15(8-12(17)2)9-13(3)18/h6-8,13-14,16H,5,9-11,18H2,1-4H3. The summed E-state index contributed by atoms with van der Waals surface area (Å²) in [4.78, 5) is 2.51. The van der Waals surface area contributed by atoms with Gasteiger partial charge in [-0.05, 0) is 50.8 Å². The van der Waals surface area contributed by atoms with Crippen molar-refractivity contribution in [3.63, 3.8) is 0 Å². The monoisotopic (exact) mass is 276 g/mol. The largest absolute Gasteiger partial charge is 0.375 e. The molecule has 1 aromatic rings. The Morgan fingerprint density at radius 1 is 1.45 bits per heavy atom. The van der Waals surface area contributed by atoms with Crippen LogP contribution >= 0.6 is 0 Å². The van der Waals surface area contributed by atoms with Gasteiger partial charge in [0.15, 0.2) is 0 Å². The van der Waals surface area contributed by atoms with Gasteiger partial charge >= 0.3 is 0 Å². The molecule has 3 heteroatoms. The second-order valence-electron chi connectivity index (χ2n) is 6.16. The molecule has 3 atom stereocenters. The Morgan fingerprint density at radius 3 is 2.80 bits per heavy atom.